The molecule has 3 rings (SSSR count). The molecule has 0 unspecified atom stereocenters. The average Bonchev–Trinajstić information content (AvgIpc) is 2.96. The molecule has 0 spiro atoms. The molecule has 1 aromatic heterocycles. The summed E-state index contributed by atoms with van der Waals surface area (Å²) in [7, 11) is 0. The van der Waals surface area contributed by atoms with Gasteiger partial charge in [0.25, 0.3) is 0 Å². The molecule has 120 valence electrons. The number of hydrogen-bond donors (Lipinski definition) is 1. The van der Waals surface area contributed by atoms with Crippen LogP contribution in [0, 0.1) is 0 Å². The molecule has 1 aliphatic rings. The highest BCUT2D eigenvalue weighted by Crippen LogP contribution is 2.35. The molecular weight excluding hydrogens is 384 g/mol. The van der Waals surface area contributed by atoms with Crippen LogP contribution in [0.3, 0.4) is 0 Å². The third kappa shape index (κ3) is 3.70. The topological polar surface area (TPSA) is 77.5 Å². The van der Waals surface area contributed by atoms with Gasteiger partial charge in [0, 0.05) is 16.8 Å². The summed E-state index contributed by atoms with van der Waals surface area (Å²) in [5.74, 6) is 0.955. The normalized spacial score (nSPS) is 12.8. The molecule has 0 bridgehead atoms. The van der Waals surface area contributed by atoms with Gasteiger partial charge in [0.05, 0.1) is 6.42 Å². The Hall–Kier alpha value is -1.93. The molecule has 23 heavy (non-hydrogen) atoms. The predicted molar refractivity (Wildman–Crippen MR) is 89.6 cm³/mol. The van der Waals surface area contributed by atoms with Crippen molar-refractivity contribution in [2.24, 2.45) is 0 Å². The van der Waals surface area contributed by atoms with E-state index < -0.39 is 0 Å². The van der Waals surface area contributed by atoms with Crippen molar-refractivity contribution in [1.29, 1.82) is 0 Å². The van der Waals surface area contributed by atoms with Crippen LogP contribution < -0.4 is 14.8 Å². The highest BCUT2D eigenvalue weighted by Gasteiger charge is 2.17. The minimum absolute atomic E-state index is 0.128. The molecule has 8 heteroatoms. The van der Waals surface area contributed by atoms with E-state index >= 15 is 0 Å². The number of rotatable bonds is 4. The summed E-state index contributed by atoms with van der Waals surface area (Å²) in [4.78, 5) is 27.4. The quantitative estimate of drug-likeness (QED) is 0.803. The first kappa shape index (κ1) is 15.9. The number of nitrogens with one attached hydrogen (secondary N) is 1. The Balaban J connectivity index is 1.71. The maximum Gasteiger partial charge on any atom is 0.230 e. The highest BCUT2D eigenvalue weighted by atomic mass is 79.9. The van der Waals surface area contributed by atoms with E-state index in [4.69, 9.17) is 9.47 Å². The molecule has 1 amide bonds. The second-order valence-corrected chi connectivity index (χ2v) is 6.62. The van der Waals surface area contributed by atoms with Gasteiger partial charge in [-0.25, -0.2) is 4.98 Å². The van der Waals surface area contributed by atoms with Crippen molar-refractivity contribution in [3.8, 4) is 11.5 Å². The molecule has 0 saturated heterocycles. The Morgan fingerprint density at radius 1 is 1.30 bits per heavy atom. The van der Waals surface area contributed by atoms with E-state index in [2.05, 4.69) is 26.2 Å². The van der Waals surface area contributed by atoms with Gasteiger partial charge in [0.1, 0.15) is 18.9 Å². The first-order chi connectivity index (χ1) is 11.0. The van der Waals surface area contributed by atoms with E-state index in [1.165, 1.54) is 18.3 Å². The second-order valence-electron chi connectivity index (χ2n) is 4.91. The van der Waals surface area contributed by atoms with Gasteiger partial charge in [-0.05, 0) is 17.7 Å². The van der Waals surface area contributed by atoms with Crippen LogP contribution in [0.4, 0.5) is 5.13 Å². The van der Waals surface area contributed by atoms with Crippen molar-refractivity contribution in [3.63, 3.8) is 0 Å². The van der Waals surface area contributed by atoms with E-state index in [0.717, 1.165) is 10.0 Å². The lowest BCUT2D eigenvalue weighted by atomic mass is 10.1. The first-order valence-corrected chi connectivity index (χ1v) is 8.54. The van der Waals surface area contributed by atoms with Crippen LogP contribution in [-0.4, -0.2) is 29.9 Å². The zero-order valence-electron chi connectivity index (χ0n) is 12.2. The molecule has 0 radical (unpaired) electrons. The van der Waals surface area contributed by atoms with Crippen molar-refractivity contribution in [2.45, 2.75) is 13.3 Å². The third-order valence-corrected chi connectivity index (χ3v) is 4.67. The zero-order valence-corrected chi connectivity index (χ0v) is 14.6. The van der Waals surface area contributed by atoms with Crippen molar-refractivity contribution in [1.82, 2.24) is 4.98 Å². The van der Waals surface area contributed by atoms with Crippen LogP contribution in [-0.2, 0) is 11.2 Å². The maximum absolute atomic E-state index is 12.2. The fourth-order valence-electron chi connectivity index (χ4n) is 2.07. The summed E-state index contributed by atoms with van der Waals surface area (Å²) in [5, 5.41) is 4.73. The van der Waals surface area contributed by atoms with Gasteiger partial charge in [-0.2, -0.15) is 0 Å². The molecule has 0 fully saturated rings. The van der Waals surface area contributed by atoms with Crippen LogP contribution in [0.1, 0.15) is 23.0 Å². The van der Waals surface area contributed by atoms with Crippen molar-refractivity contribution in [3.05, 3.63) is 33.2 Å². The number of hydrogen-bond acceptors (Lipinski definition) is 6. The second kappa shape index (κ2) is 6.67. The number of thiazole rings is 1. The van der Waals surface area contributed by atoms with E-state index in [0.29, 0.717) is 35.5 Å². The number of benzene rings is 1. The van der Waals surface area contributed by atoms with Crippen molar-refractivity contribution in [2.75, 3.05) is 18.5 Å². The number of nitrogens with zero attached hydrogens (tertiary/aromatic N) is 1. The Morgan fingerprint density at radius 2 is 2.00 bits per heavy atom. The van der Waals surface area contributed by atoms with Crippen LogP contribution in [0.2, 0.25) is 0 Å². The molecule has 1 aliphatic heterocycles. The first-order valence-electron chi connectivity index (χ1n) is 6.87. The lowest BCUT2D eigenvalue weighted by molar-refractivity contribution is -0.115. The molecular formula is C15H13BrN2O4S. The number of Topliss-reactive ketones (excluding diaryl/α,β-unsaturated/α-hetero) is 1. The van der Waals surface area contributed by atoms with Gasteiger partial charge in [-0.1, -0.05) is 15.9 Å². The highest BCUT2D eigenvalue weighted by molar-refractivity contribution is 9.10. The number of carbonyl (C=O) groups is 2. The molecule has 2 heterocycles. The summed E-state index contributed by atoms with van der Waals surface area (Å²) in [6.45, 7) is 2.45. The van der Waals surface area contributed by atoms with Crippen LogP contribution in [0.15, 0.2) is 22.0 Å². The average molecular weight is 397 g/mol. The van der Waals surface area contributed by atoms with Crippen LogP contribution in [0.5, 0.6) is 11.5 Å². The maximum atomic E-state index is 12.2. The molecule has 2 aromatic rings. The van der Waals surface area contributed by atoms with Crippen molar-refractivity contribution >= 4 is 44.1 Å². The lowest BCUT2D eigenvalue weighted by Gasteiger charge is -2.19. The number of ketones is 1. The number of anilines is 1. The largest absolute Gasteiger partial charge is 0.486 e. The Morgan fingerprint density at radius 3 is 2.65 bits per heavy atom. The third-order valence-electron chi connectivity index (χ3n) is 3.17. The van der Waals surface area contributed by atoms with Gasteiger partial charge >= 0.3 is 0 Å². The van der Waals surface area contributed by atoms with Crippen molar-refractivity contribution < 1.29 is 19.1 Å². The Kier molecular flexibility index (Phi) is 4.63. The Bertz CT molecular complexity index is 775. The fraction of sp³-hybridized carbons (Fsp3) is 0.267. The van der Waals surface area contributed by atoms with Gasteiger partial charge in [-0.15, -0.1) is 11.3 Å². The lowest BCUT2D eigenvalue weighted by Crippen LogP contribution is -2.17. The standard InChI is InChI=1S/C15H13BrN2O4S/c1-8(19)11-7-23-15(17-11)18-14(20)5-9-4-12-13(6-10(9)16)22-3-2-21-12/h4,6-7H,2-3,5H2,1H3,(H,17,18,20). The van der Waals surface area contributed by atoms with Gasteiger partial charge < -0.3 is 14.8 Å². The predicted octanol–water partition coefficient (Wildman–Crippen LogP) is 3.06. The molecule has 0 atom stereocenters. The monoisotopic (exact) mass is 396 g/mol. The SMILES string of the molecule is CC(=O)c1csc(NC(=O)Cc2cc3c(cc2Br)OCCO3)n1. The number of ether oxygens (including phenoxy) is 2. The number of carbonyl (C=O) groups excluding carboxylic acids is 2. The molecule has 0 saturated carbocycles. The number of halogens is 1. The summed E-state index contributed by atoms with van der Waals surface area (Å²) in [5.41, 5.74) is 1.14. The minimum atomic E-state index is -0.216. The molecule has 6 nitrogen and oxygen atoms in total. The number of amides is 1. The van der Waals surface area contributed by atoms with Gasteiger partial charge in [0.15, 0.2) is 22.4 Å². The summed E-state index contributed by atoms with van der Waals surface area (Å²) in [6, 6.07) is 3.59. The number of fused-ring (bicyclic) bond motifs is 1. The van der Waals surface area contributed by atoms with E-state index in [-0.39, 0.29) is 18.1 Å². The van der Waals surface area contributed by atoms with Gasteiger partial charge in [0.2, 0.25) is 5.91 Å². The molecule has 1 aromatic carbocycles. The molecule has 0 aliphatic carbocycles. The molecule has 1 N–H and O–H groups in total. The smallest absolute Gasteiger partial charge is 0.230 e. The van der Waals surface area contributed by atoms with Gasteiger partial charge in [-0.3, -0.25) is 9.59 Å². The van der Waals surface area contributed by atoms with Crippen LogP contribution in [0.25, 0.3) is 0 Å². The summed E-state index contributed by atoms with van der Waals surface area (Å²) < 4.78 is 11.8. The summed E-state index contributed by atoms with van der Waals surface area (Å²) in [6.07, 6.45) is 0.159. The van der Waals surface area contributed by atoms with E-state index in [1.807, 2.05) is 0 Å². The Labute approximate surface area is 144 Å². The zero-order chi connectivity index (χ0) is 16.4. The van der Waals surface area contributed by atoms with E-state index in [1.54, 1.807) is 17.5 Å². The fourth-order valence-corrected chi connectivity index (χ4v) is 3.30. The summed E-state index contributed by atoms with van der Waals surface area (Å²) >= 11 is 4.66. The number of aromatic nitrogens is 1. The van der Waals surface area contributed by atoms with Crippen LogP contribution >= 0.6 is 27.3 Å². The minimum Gasteiger partial charge on any atom is -0.486 e. The van der Waals surface area contributed by atoms with E-state index in [9.17, 15) is 9.59 Å².